The first-order valence-corrected chi connectivity index (χ1v) is 9.73. The second kappa shape index (κ2) is 6.80. The predicted molar refractivity (Wildman–Crippen MR) is 98.5 cm³/mol. The van der Waals surface area contributed by atoms with E-state index in [9.17, 15) is 9.59 Å². The van der Waals surface area contributed by atoms with Crippen LogP contribution in [0, 0.1) is 0 Å². The molecule has 0 spiro atoms. The van der Waals surface area contributed by atoms with Gasteiger partial charge < -0.3 is 10.2 Å². The van der Waals surface area contributed by atoms with Crippen LogP contribution in [0.15, 0.2) is 57.0 Å². The second-order valence-corrected chi connectivity index (χ2v) is 8.09. The summed E-state index contributed by atoms with van der Waals surface area (Å²) in [7, 11) is 0. The zero-order valence-corrected chi connectivity index (χ0v) is 15.7. The van der Waals surface area contributed by atoms with Crippen molar-refractivity contribution < 1.29 is 9.59 Å². The van der Waals surface area contributed by atoms with Crippen molar-refractivity contribution in [1.29, 1.82) is 0 Å². The molecule has 2 aliphatic heterocycles. The Balaban J connectivity index is 1.63. The molecule has 0 saturated carbocycles. The van der Waals surface area contributed by atoms with E-state index in [-0.39, 0.29) is 23.9 Å². The molecular formula is C18H16BrN3O2S. The average Bonchev–Trinajstić information content (AvgIpc) is 2.96. The van der Waals surface area contributed by atoms with Gasteiger partial charge in [-0.25, -0.2) is 4.98 Å². The Morgan fingerprint density at radius 1 is 1.24 bits per heavy atom. The first kappa shape index (κ1) is 16.6. The highest BCUT2D eigenvalue weighted by Crippen LogP contribution is 2.33. The Morgan fingerprint density at radius 2 is 2.04 bits per heavy atom. The maximum absolute atomic E-state index is 13.2. The summed E-state index contributed by atoms with van der Waals surface area (Å²) in [5, 5.41) is 3.55. The molecule has 5 nitrogen and oxygen atoms in total. The van der Waals surface area contributed by atoms with Crippen LogP contribution in [0.4, 0.5) is 0 Å². The minimum absolute atomic E-state index is 0.0481. The SMILES string of the molecule is O=C1NCC2CCC1N2C(=O)c1cccnc1Sc1ccc(Br)cc1. The van der Waals surface area contributed by atoms with Crippen molar-refractivity contribution in [1.82, 2.24) is 15.2 Å². The first-order chi connectivity index (χ1) is 12.1. The zero-order chi connectivity index (χ0) is 17.4. The summed E-state index contributed by atoms with van der Waals surface area (Å²) in [6.07, 6.45) is 3.29. The molecule has 2 bridgehead atoms. The fourth-order valence-corrected chi connectivity index (χ4v) is 4.51. The van der Waals surface area contributed by atoms with Gasteiger partial charge in [-0.2, -0.15) is 0 Å². The molecule has 7 heteroatoms. The summed E-state index contributed by atoms with van der Waals surface area (Å²) in [5.74, 6) is -0.150. The van der Waals surface area contributed by atoms with Gasteiger partial charge in [0.05, 0.1) is 11.6 Å². The molecule has 25 heavy (non-hydrogen) atoms. The van der Waals surface area contributed by atoms with E-state index in [2.05, 4.69) is 26.2 Å². The maximum Gasteiger partial charge on any atom is 0.257 e. The Kier molecular flexibility index (Phi) is 4.52. The molecule has 1 N–H and O–H groups in total. The monoisotopic (exact) mass is 417 g/mol. The molecule has 0 aliphatic carbocycles. The number of pyridine rings is 1. The molecule has 128 valence electrons. The largest absolute Gasteiger partial charge is 0.352 e. The summed E-state index contributed by atoms with van der Waals surface area (Å²) >= 11 is 4.88. The summed E-state index contributed by atoms with van der Waals surface area (Å²) in [5.41, 5.74) is 0.557. The lowest BCUT2D eigenvalue weighted by Gasteiger charge is -2.34. The molecule has 2 unspecified atom stereocenters. The summed E-state index contributed by atoms with van der Waals surface area (Å²) in [4.78, 5) is 32.4. The van der Waals surface area contributed by atoms with Gasteiger partial charge in [-0.3, -0.25) is 9.59 Å². The summed E-state index contributed by atoms with van der Waals surface area (Å²) in [6.45, 7) is 0.538. The molecule has 2 aromatic rings. The van der Waals surface area contributed by atoms with Crippen LogP contribution in [0.5, 0.6) is 0 Å². The normalized spacial score (nSPS) is 22.0. The molecule has 3 heterocycles. The van der Waals surface area contributed by atoms with Crippen molar-refractivity contribution >= 4 is 39.5 Å². The van der Waals surface area contributed by atoms with Crippen LogP contribution in [0.3, 0.4) is 0 Å². The zero-order valence-electron chi connectivity index (χ0n) is 13.3. The van der Waals surface area contributed by atoms with Crippen molar-refractivity contribution in [3.63, 3.8) is 0 Å². The minimum atomic E-state index is -0.350. The number of piperazine rings is 1. The van der Waals surface area contributed by atoms with Crippen molar-refractivity contribution in [2.75, 3.05) is 6.54 Å². The third-order valence-corrected chi connectivity index (χ3v) is 6.14. The molecule has 2 fully saturated rings. The number of fused-ring (bicyclic) bond motifs is 2. The first-order valence-electron chi connectivity index (χ1n) is 8.12. The number of halogens is 1. The van der Waals surface area contributed by atoms with Crippen LogP contribution in [0.25, 0.3) is 0 Å². The van der Waals surface area contributed by atoms with Gasteiger partial charge in [0, 0.05) is 22.1 Å². The quantitative estimate of drug-likeness (QED) is 0.832. The van der Waals surface area contributed by atoms with Crippen molar-refractivity contribution in [3.05, 3.63) is 52.6 Å². The van der Waals surface area contributed by atoms with Crippen LogP contribution in [0.2, 0.25) is 0 Å². The molecule has 2 saturated heterocycles. The molecular weight excluding hydrogens is 402 g/mol. The smallest absolute Gasteiger partial charge is 0.257 e. The molecule has 1 aromatic heterocycles. The van der Waals surface area contributed by atoms with Crippen LogP contribution in [-0.4, -0.2) is 40.3 Å². The Morgan fingerprint density at radius 3 is 2.84 bits per heavy atom. The van der Waals surface area contributed by atoms with Crippen LogP contribution >= 0.6 is 27.7 Å². The van der Waals surface area contributed by atoms with Gasteiger partial charge in [-0.15, -0.1) is 0 Å². The molecule has 1 aromatic carbocycles. The third-order valence-electron chi connectivity index (χ3n) is 4.58. The molecule has 2 aliphatic rings. The Labute approximate surface area is 158 Å². The highest BCUT2D eigenvalue weighted by atomic mass is 79.9. The summed E-state index contributed by atoms with van der Waals surface area (Å²) < 4.78 is 1.00. The number of nitrogens with one attached hydrogen (secondary N) is 1. The van der Waals surface area contributed by atoms with Gasteiger partial charge >= 0.3 is 0 Å². The lowest BCUT2D eigenvalue weighted by molar-refractivity contribution is -0.127. The number of amides is 2. The minimum Gasteiger partial charge on any atom is -0.352 e. The average molecular weight is 418 g/mol. The van der Waals surface area contributed by atoms with Crippen LogP contribution in [-0.2, 0) is 4.79 Å². The van der Waals surface area contributed by atoms with Gasteiger partial charge in [0.15, 0.2) is 0 Å². The highest BCUT2D eigenvalue weighted by Gasteiger charge is 2.45. The summed E-state index contributed by atoms with van der Waals surface area (Å²) in [6, 6.07) is 11.2. The van der Waals surface area contributed by atoms with Crippen LogP contribution in [0.1, 0.15) is 23.2 Å². The predicted octanol–water partition coefficient (Wildman–Crippen LogP) is 3.10. The van der Waals surface area contributed by atoms with Gasteiger partial charge in [0.2, 0.25) is 5.91 Å². The lowest BCUT2D eigenvalue weighted by atomic mass is 10.1. The fraction of sp³-hybridized carbons (Fsp3) is 0.278. The van der Waals surface area contributed by atoms with E-state index in [0.29, 0.717) is 17.1 Å². The van der Waals surface area contributed by atoms with Gasteiger partial charge in [-0.1, -0.05) is 27.7 Å². The van der Waals surface area contributed by atoms with Crippen LogP contribution < -0.4 is 5.32 Å². The van der Waals surface area contributed by atoms with E-state index < -0.39 is 0 Å². The fourth-order valence-electron chi connectivity index (χ4n) is 3.37. The third kappa shape index (κ3) is 3.18. The number of aromatic nitrogens is 1. The number of carbonyl (C=O) groups excluding carboxylic acids is 2. The number of hydrogen-bond donors (Lipinski definition) is 1. The number of benzene rings is 1. The second-order valence-electron chi connectivity index (χ2n) is 6.12. The van der Waals surface area contributed by atoms with Crippen molar-refractivity contribution in [2.24, 2.45) is 0 Å². The van der Waals surface area contributed by atoms with E-state index in [1.165, 1.54) is 11.8 Å². The number of carbonyl (C=O) groups is 2. The Bertz CT molecular complexity index is 827. The van der Waals surface area contributed by atoms with Gasteiger partial charge in [0.25, 0.3) is 5.91 Å². The van der Waals surface area contributed by atoms with E-state index in [0.717, 1.165) is 22.2 Å². The van der Waals surface area contributed by atoms with Gasteiger partial charge in [-0.05, 0) is 49.2 Å². The standard InChI is InChI=1S/C18H16BrN3O2S/c19-11-3-6-13(7-4-11)25-17-14(2-1-9-20-17)18(24)22-12-5-8-15(22)16(23)21-10-12/h1-4,6-7,9,12,15H,5,8,10H2,(H,21,23). The number of nitrogens with zero attached hydrogens (tertiary/aromatic N) is 2. The number of rotatable bonds is 3. The maximum atomic E-state index is 13.2. The van der Waals surface area contributed by atoms with E-state index >= 15 is 0 Å². The van der Waals surface area contributed by atoms with Crippen molar-refractivity contribution in [3.8, 4) is 0 Å². The molecule has 2 amide bonds. The topological polar surface area (TPSA) is 62.3 Å². The molecule has 0 radical (unpaired) electrons. The Hall–Kier alpha value is -1.86. The van der Waals surface area contributed by atoms with E-state index in [4.69, 9.17) is 0 Å². The van der Waals surface area contributed by atoms with E-state index in [1.807, 2.05) is 24.3 Å². The molecule has 4 rings (SSSR count). The highest BCUT2D eigenvalue weighted by molar-refractivity contribution is 9.10. The number of hydrogen-bond acceptors (Lipinski definition) is 4. The molecule has 2 atom stereocenters. The van der Waals surface area contributed by atoms with Crippen molar-refractivity contribution in [2.45, 2.75) is 34.8 Å². The van der Waals surface area contributed by atoms with E-state index in [1.54, 1.807) is 23.2 Å². The lowest BCUT2D eigenvalue weighted by Crippen LogP contribution is -2.57. The van der Waals surface area contributed by atoms with Gasteiger partial charge in [0.1, 0.15) is 11.1 Å².